The molecule has 5 heteroatoms. The van der Waals surface area contributed by atoms with E-state index in [1.54, 1.807) is 12.1 Å². The number of nitrogens with one attached hydrogen (secondary N) is 1. The van der Waals surface area contributed by atoms with E-state index in [-0.39, 0.29) is 5.91 Å². The van der Waals surface area contributed by atoms with E-state index in [2.05, 4.69) is 15.2 Å². The lowest BCUT2D eigenvalue weighted by Gasteiger charge is -2.15. The molecular formula is C18H20ClN3O. The predicted octanol–water partition coefficient (Wildman–Crippen LogP) is 3.10. The Kier molecular flexibility index (Phi) is 3.95. The number of carbonyl (C=O) groups is 1. The second-order valence-corrected chi connectivity index (χ2v) is 7.06. The fourth-order valence-electron chi connectivity index (χ4n) is 3.34. The molecule has 1 saturated heterocycles. The van der Waals surface area contributed by atoms with E-state index >= 15 is 0 Å². The van der Waals surface area contributed by atoms with Gasteiger partial charge in [0.1, 0.15) is 5.69 Å². The van der Waals surface area contributed by atoms with Crippen LogP contribution in [0.15, 0.2) is 30.3 Å². The lowest BCUT2D eigenvalue weighted by molar-refractivity contribution is 0.0942. The van der Waals surface area contributed by atoms with E-state index in [4.69, 9.17) is 11.6 Å². The molecule has 2 heterocycles. The van der Waals surface area contributed by atoms with Crippen LogP contribution in [0.2, 0.25) is 5.02 Å². The summed E-state index contributed by atoms with van der Waals surface area (Å²) in [4.78, 5) is 19.3. The van der Waals surface area contributed by atoms with Gasteiger partial charge in [-0.25, -0.2) is 4.98 Å². The molecule has 1 N–H and O–H groups in total. The number of nitrogens with zero attached hydrogens (tertiary/aromatic N) is 2. The molecule has 2 aromatic rings. The first-order valence-electron chi connectivity index (χ1n) is 8.27. The second kappa shape index (κ2) is 6.10. The molecule has 0 radical (unpaired) electrons. The van der Waals surface area contributed by atoms with Gasteiger partial charge in [-0.1, -0.05) is 23.7 Å². The van der Waals surface area contributed by atoms with Crippen LogP contribution in [0.4, 0.5) is 0 Å². The van der Waals surface area contributed by atoms with Crippen LogP contribution in [0.5, 0.6) is 0 Å². The number of hydrogen-bond donors (Lipinski definition) is 1. The van der Waals surface area contributed by atoms with Crippen LogP contribution in [-0.2, 0) is 0 Å². The highest BCUT2D eigenvalue weighted by Gasteiger charge is 2.34. The standard InChI is InChI=1S/C18H20ClN3O/c19-14-3-1-13-2-6-16(21-17(13)9-14)18(23)20-10-12-7-8-22(11-12)15-4-5-15/h1-3,6,9,12,15H,4-5,7-8,10-11H2,(H,20,23)/t12-/m1/s1. The van der Waals surface area contributed by atoms with Crippen molar-refractivity contribution in [3.05, 3.63) is 41.0 Å². The average molecular weight is 330 g/mol. The first-order valence-corrected chi connectivity index (χ1v) is 8.65. The van der Waals surface area contributed by atoms with Crippen molar-refractivity contribution in [3.63, 3.8) is 0 Å². The van der Waals surface area contributed by atoms with Gasteiger partial charge < -0.3 is 10.2 Å². The number of rotatable bonds is 4. The number of carbonyl (C=O) groups excluding carboxylic acids is 1. The number of amides is 1. The molecule has 1 atom stereocenters. The molecule has 2 aliphatic rings. The van der Waals surface area contributed by atoms with Crippen molar-refractivity contribution in [2.75, 3.05) is 19.6 Å². The largest absolute Gasteiger partial charge is 0.350 e. The number of hydrogen-bond acceptors (Lipinski definition) is 3. The molecule has 1 aromatic carbocycles. The van der Waals surface area contributed by atoms with Gasteiger partial charge in [0.15, 0.2) is 0 Å². The minimum absolute atomic E-state index is 0.100. The monoisotopic (exact) mass is 329 g/mol. The van der Waals surface area contributed by atoms with E-state index in [0.717, 1.165) is 30.0 Å². The summed E-state index contributed by atoms with van der Waals surface area (Å²) in [5, 5.41) is 4.66. The van der Waals surface area contributed by atoms with Crippen molar-refractivity contribution in [3.8, 4) is 0 Å². The van der Waals surface area contributed by atoms with E-state index in [1.165, 1.54) is 25.8 Å². The Balaban J connectivity index is 1.38. The third kappa shape index (κ3) is 3.33. The molecule has 1 saturated carbocycles. The quantitative estimate of drug-likeness (QED) is 0.937. The van der Waals surface area contributed by atoms with E-state index in [0.29, 0.717) is 16.6 Å². The number of fused-ring (bicyclic) bond motifs is 1. The maximum Gasteiger partial charge on any atom is 0.269 e. The summed E-state index contributed by atoms with van der Waals surface area (Å²) in [6.07, 6.45) is 3.88. The molecule has 1 amide bonds. The second-order valence-electron chi connectivity index (χ2n) is 6.62. The summed E-state index contributed by atoms with van der Waals surface area (Å²) in [6.45, 7) is 3.03. The predicted molar refractivity (Wildman–Crippen MR) is 91.8 cm³/mol. The minimum Gasteiger partial charge on any atom is -0.350 e. The smallest absolute Gasteiger partial charge is 0.269 e. The number of aromatic nitrogens is 1. The number of halogens is 1. The molecule has 4 rings (SSSR count). The van der Waals surface area contributed by atoms with Crippen LogP contribution < -0.4 is 5.32 Å². The molecule has 0 unspecified atom stereocenters. The summed E-state index contributed by atoms with van der Waals surface area (Å²) in [6, 6.07) is 10.0. The topological polar surface area (TPSA) is 45.2 Å². The molecule has 1 aromatic heterocycles. The number of likely N-dealkylation sites (tertiary alicyclic amines) is 1. The van der Waals surface area contributed by atoms with E-state index in [1.807, 2.05) is 18.2 Å². The molecule has 4 nitrogen and oxygen atoms in total. The molecule has 0 bridgehead atoms. The zero-order valence-electron chi connectivity index (χ0n) is 13.0. The Hall–Kier alpha value is -1.65. The molecule has 120 valence electrons. The summed E-state index contributed by atoms with van der Waals surface area (Å²) in [5.74, 6) is 0.464. The normalized spacial score (nSPS) is 21.7. The van der Waals surface area contributed by atoms with Crippen LogP contribution in [0.3, 0.4) is 0 Å². The highest BCUT2D eigenvalue weighted by Crippen LogP contribution is 2.31. The van der Waals surface area contributed by atoms with Crippen LogP contribution in [0.1, 0.15) is 29.8 Å². The first-order chi connectivity index (χ1) is 11.2. The van der Waals surface area contributed by atoms with Crippen molar-refractivity contribution in [1.82, 2.24) is 15.2 Å². The maximum absolute atomic E-state index is 12.3. The minimum atomic E-state index is -0.100. The fourth-order valence-corrected chi connectivity index (χ4v) is 3.51. The summed E-state index contributed by atoms with van der Waals surface area (Å²) in [5.41, 5.74) is 1.21. The van der Waals surface area contributed by atoms with Crippen molar-refractivity contribution in [1.29, 1.82) is 0 Å². The number of pyridine rings is 1. The zero-order valence-corrected chi connectivity index (χ0v) is 13.7. The van der Waals surface area contributed by atoms with Crippen LogP contribution in [0.25, 0.3) is 10.9 Å². The fraction of sp³-hybridized carbons (Fsp3) is 0.444. The molecule has 2 fully saturated rings. The zero-order chi connectivity index (χ0) is 15.8. The van der Waals surface area contributed by atoms with Gasteiger partial charge in [-0.15, -0.1) is 0 Å². The van der Waals surface area contributed by atoms with Gasteiger partial charge in [0.05, 0.1) is 5.52 Å². The van der Waals surface area contributed by atoms with Crippen molar-refractivity contribution in [2.24, 2.45) is 5.92 Å². The Morgan fingerprint density at radius 2 is 2.09 bits per heavy atom. The van der Waals surface area contributed by atoms with Gasteiger partial charge in [-0.3, -0.25) is 4.79 Å². The molecule has 0 spiro atoms. The van der Waals surface area contributed by atoms with E-state index < -0.39 is 0 Å². The summed E-state index contributed by atoms with van der Waals surface area (Å²) in [7, 11) is 0. The molecular weight excluding hydrogens is 310 g/mol. The van der Waals surface area contributed by atoms with Crippen molar-refractivity contribution >= 4 is 28.4 Å². The van der Waals surface area contributed by atoms with Crippen LogP contribution >= 0.6 is 11.6 Å². The third-order valence-corrected chi connectivity index (χ3v) is 5.05. The first kappa shape index (κ1) is 14.9. The average Bonchev–Trinajstić information content (AvgIpc) is 3.30. The summed E-state index contributed by atoms with van der Waals surface area (Å²) < 4.78 is 0. The number of benzene rings is 1. The van der Waals surface area contributed by atoms with Crippen LogP contribution in [0, 0.1) is 5.92 Å². The van der Waals surface area contributed by atoms with Gasteiger partial charge in [-0.05, 0) is 49.9 Å². The Labute approximate surface area is 140 Å². The van der Waals surface area contributed by atoms with Gasteiger partial charge in [0.2, 0.25) is 0 Å². The Morgan fingerprint density at radius 1 is 1.26 bits per heavy atom. The van der Waals surface area contributed by atoms with Gasteiger partial charge in [0.25, 0.3) is 5.91 Å². The lowest BCUT2D eigenvalue weighted by Crippen LogP contribution is -2.31. The Bertz CT molecular complexity index is 744. The maximum atomic E-state index is 12.3. The highest BCUT2D eigenvalue weighted by molar-refractivity contribution is 6.31. The van der Waals surface area contributed by atoms with Gasteiger partial charge in [-0.2, -0.15) is 0 Å². The molecule has 1 aliphatic carbocycles. The third-order valence-electron chi connectivity index (χ3n) is 4.82. The van der Waals surface area contributed by atoms with Gasteiger partial charge in [0, 0.05) is 29.5 Å². The summed E-state index contributed by atoms with van der Waals surface area (Å²) >= 11 is 6.00. The Morgan fingerprint density at radius 3 is 2.91 bits per heavy atom. The lowest BCUT2D eigenvalue weighted by atomic mass is 10.1. The van der Waals surface area contributed by atoms with Crippen molar-refractivity contribution < 1.29 is 4.79 Å². The molecule has 23 heavy (non-hydrogen) atoms. The van der Waals surface area contributed by atoms with Gasteiger partial charge >= 0.3 is 0 Å². The molecule has 1 aliphatic heterocycles. The van der Waals surface area contributed by atoms with Crippen LogP contribution in [-0.4, -0.2) is 41.5 Å². The van der Waals surface area contributed by atoms with E-state index in [9.17, 15) is 4.79 Å². The highest BCUT2D eigenvalue weighted by atomic mass is 35.5. The SMILES string of the molecule is O=C(NC[C@H]1CCN(C2CC2)C1)c1ccc2ccc(Cl)cc2n1. The van der Waals surface area contributed by atoms with Crippen molar-refractivity contribution in [2.45, 2.75) is 25.3 Å².